The molecule has 4 N–H and O–H groups in total. The molecule has 0 spiro atoms. The quantitative estimate of drug-likeness (QED) is 0.541. The maximum atomic E-state index is 12.0. The van der Waals surface area contributed by atoms with Crippen molar-refractivity contribution in [2.45, 2.75) is 52.6 Å². The van der Waals surface area contributed by atoms with Crippen LogP contribution in [0.1, 0.15) is 37.8 Å². The highest BCUT2D eigenvalue weighted by molar-refractivity contribution is 5.96. The van der Waals surface area contributed by atoms with Crippen LogP contribution in [0.25, 0.3) is 0 Å². The van der Waals surface area contributed by atoms with Gasteiger partial charge in [0, 0.05) is 5.69 Å². The molecule has 2 unspecified atom stereocenters. The molecule has 0 aliphatic carbocycles. The molecule has 0 saturated heterocycles. The molecule has 138 valence electrons. The zero-order valence-corrected chi connectivity index (χ0v) is 15.2. The van der Waals surface area contributed by atoms with E-state index in [9.17, 15) is 14.4 Å². The van der Waals surface area contributed by atoms with Gasteiger partial charge in [-0.15, -0.1) is 0 Å². The Hall–Kier alpha value is -2.41. The van der Waals surface area contributed by atoms with E-state index in [2.05, 4.69) is 16.0 Å². The van der Waals surface area contributed by atoms with Crippen molar-refractivity contribution < 1.29 is 19.5 Å². The molecule has 0 aliphatic heterocycles. The summed E-state index contributed by atoms with van der Waals surface area (Å²) in [4.78, 5) is 35.2. The van der Waals surface area contributed by atoms with Gasteiger partial charge in [-0.05, 0) is 38.3 Å². The van der Waals surface area contributed by atoms with Gasteiger partial charge in [0.25, 0.3) is 0 Å². The summed E-state index contributed by atoms with van der Waals surface area (Å²) in [6.45, 7) is 7.06. The Labute approximate surface area is 148 Å². The number of aryl methyl sites for hydroxylation is 2. The fourth-order valence-corrected chi connectivity index (χ4v) is 2.46. The van der Waals surface area contributed by atoms with Crippen LogP contribution in [-0.4, -0.2) is 41.5 Å². The second-order valence-electron chi connectivity index (χ2n) is 6.10. The van der Waals surface area contributed by atoms with Crippen LogP contribution in [0.3, 0.4) is 0 Å². The summed E-state index contributed by atoms with van der Waals surface area (Å²) < 4.78 is 0. The number of carboxylic acids is 1. The van der Waals surface area contributed by atoms with E-state index in [1.54, 1.807) is 6.92 Å². The second-order valence-corrected chi connectivity index (χ2v) is 6.10. The standard InChI is InChI=1S/C18H27N3O4/c1-5-7-14(18(24)25)20-13(4)17(23)19-10-15(22)21-16-11(2)8-6-9-12(16)3/h6,8-9,13-14,20H,5,7,10H2,1-4H3,(H,19,23)(H,21,22)(H,24,25). The van der Waals surface area contributed by atoms with E-state index in [0.717, 1.165) is 16.8 Å². The number of carbonyl (C=O) groups is 3. The lowest BCUT2D eigenvalue weighted by atomic mass is 10.1. The molecule has 7 heteroatoms. The van der Waals surface area contributed by atoms with E-state index in [0.29, 0.717) is 12.8 Å². The van der Waals surface area contributed by atoms with E-state index in [1.165, 1.54) is 0 Å². The van der Waals surface area contributed by atoms with E-state index >= 15 is 0 Å². The second kappa shape index (κ2) is 9.78. The molecule has 0 saturated carbocycles. The molecule has 0 bridgehead atoms. The number of carbonyl (C=O) groups excluding carboxylic acids is 2. The van der Waals surface area contributed by atoms with Crippen LogP contribution in [0, 0.1) is 13.8 Å². The Kier molecular flexibility index (Phi) is 8.07. The molecule has 1 rings (SSSR count). The van der Waals surface area contributed by atoms with Gasteiger partial charge in [-0.2, -0.15) is 0 Å². The van der Waals surface area contributed by atoms with Crippen LogP contribution in [0.15, 0.2) is 18.2 Å². The lowest BCUT2D eigenvalue weighted by Gasteiger charge is -2.19. The molecule has 0 aromatic heterocycles. The molecular formula is C18H27N3O4. The minimum Gasteiger partial charge on any atom is -0.480 e. The summed E-state index contributed by atoms with van der Waals surface area (Å²) in [5.41, 5.74) is 2.62. The first-order chi connectivity index (χ1) is 11.8. The van der Waals surface area contributed by atoms with Crippen molar-refractivity contribution in [3.8, 4) is 0 Å². The van der Waals surface area contributed by atoms with Gasteiger partial charge in [0.1, 0.15) is 6.04 Å². The number of hydrogen-bond donors (Lipinski definition) is 4. The summed E-state index contributed by atoms with van der Waals surface area (Å²) >= 11 is 0. The van der Waals surface area contributed by atoms with E-state index in [1.807, 2.05) is 39.0 Å². The van der Waals surface area contributed by atoms with Crippen LogP contribution < -0.4 is 16.0 Å². The van der Waals surface area contributed by atoms with Gasteiger partial charge >= 0.3 is 5.97 Å². The van der Waals surface area contributed by atoms with Crippen molar-refractivity contribution in [3.63, 3.8) is 0 Å². The minimum atomic E-state index is -0.991. The zero-order valence-electron chi connectivity index (χ0n) is 15.2. The number of aliphatic carboxylic acids is 1. The largest absolute Gasteiger partial charge is 0.480 e. The smallest absolute Gasteiger partial charge is 0.320 e. The van der Waals surface area contributed by atoms with Crippen molar-refractivity contribution >= 4 is 23.5 Å². The predicted molar refractivity (Wildman–Crippen MR) is 96.5 cm³/mol. The topological polar surface area (TPSA) is 108 Å². The van der Waals surface area contributed by atoms with Gasteiger partial charge < -0.3 is 15.7 Å². The Morgan fingerprint density at radius 3 is 2.28 bits per heavy atom. The first-order valence-electron chi connectivity index (χ1n) is 8.38. The highest BCUT2D eigenvalue weighted by atomic mass is 16.4. The van der Waals surface area contributed by atoms with Crippen LogP contribution in [-0.2, 0) is 14.4 Å². The number of anilines is 1. The predicted octanol–water partition coefficient (Wildman–Crippen LogP) is 1.59. The van der Waals surface area contributed by atoms with Crippen molar-refractivity contribution in [3.05, 3.63) is 29.3 Å². The Balaban J connectivity index is 2.52. The number of amides is 2. The SMILES string of the molecule is CCCC(NC(C)C(=O)NCC(=O)Nc1c(C)cccc1C)C(=O)O. The summed E-state index contributed by atoms with van der Waals surface area (Å²) in [6.07, 6.45) is 1.12. The molecule has 0 fully saturated rings. The van der Waals surface area contributed by atoms with E-state index < -0.39 is 24.0 Å². The van der Waals surface area contributed by atoms with E-state index in [-0.39, 0.29) is 12.5 Å². The highest BCUT2D eigenvalue weighted by Gasteiger charge is 2.22. The van der Waals surface area contributed by atoms with Gasteiger partial charge in [0.2, 0.25) is 11.8 Å². The molecule has 0 heterocycles. The summed E-state index contributed by atoms with van der Waals surface area (Å²) in [7, 11) is 0. The van der Waals surface area contributed by atoms with Crippen molar-refractivity contribution in [1.82, 2.24) is 10.6 Å². The number of benzene rings is 1. The molecular weight excluding hydrogens is 322 g/mol. The Morgan fingerprint density at radius 2 is 1.76 bits per heavy atom. The molecule has 0 aliphatic rings. The maximum absolute atomic E-state index is 12.0. The molecule has 1 aromatic carbocycles. The lowest BCUT2D eigenvalue weighted by molar-refractivity contribution is -0.140. The van der Waals surface area contributed by atoms with Gasteiger partial charge in [-0.3, -0.25) is 19.7 Å². The maximum Gasteiger partial charge on any atom is 0.320 e. The first kappa shape index (κ1) is 20.6. The molecule has 0 radical (unpaired) electrons. The monoisotopic (exact) mass is 349 g/mol. The molecule has 1 aromatic rings. The van der Waals surface area contributed by atoms with Gasteiger partial charge in [-0.25, -0.2) is 0 Å². The van der Waals surface area contributed by atoms with Crippen molar-refractivity contribution in [2.75, 3.05) is 11.9 Å². The molecule has 7 nitrogen and oxygen atoms in total. The van der Waals surface area contributed by atoms with Crippen molar-refractivity contribution in [1.29, 1.82) is 0 Å². The summed E-state index contributed by atoms with van der Waals surface area (Å²) in [5, 5.41) is 17.2. The first-order valence-corrected chi connectivity index (χ1v) is 8.38. The molecule has 2 atom stereocenters. The third-order valence-corrected chi connectivity index (χ3v) is 3.89. The van der Waals surface area contributed by atoms with Crippen LogP contribution >= 0.6 is 0 Å². The van der Waals surface area contributed by atoms with E-state index in [4.69, 9.17) is 5.11 Å². The summed E-state index contributed by atoms with van der Waals surface area (Å²) in [6, 6.07) is 4.21. The van der Waals surface area contributed by atoms with Crippen molar-refractivity contribution in [2.24, 2.45) is 0 Å². The van der Waals surface area contributed by atoms with Gasteiger partial charge in [0.05, 0.1) is 12.6 Å². The number of para-hydroxylation sites is 1. The molecule has 25 heavy (non-hydrogen) atoms. The average Bonchev–Trinajstić information content (AvgIpc) is 2.55. The van der Waals surface area contributed by atoms with Gasteiger partial charge in [-0.1, -0.05) is 31.5 Å². The third-order valence-electron chi connectivity index (χ3n) is 3.89. The third kappa shape index (κ3) is 6.54. The molecule has 2 amide bonds. The zero-order chi connectivity index (χ0) is 19.0. The Morgan fingerprint density at radius 1 is 1.16 bits per heavy atom. The number of rotatable bonds is 9. The van der Waals surface area contributed by atoms with Gasteiger partial charge in [0.15, 0.2) is 0 Å². The summed E-state index contributed by atoms with van der Waals surface area (Å²) in [5.74, 6) is -1.74. The van der Waals surface area contributed by atoms with Crippen LogP contribution in [0.2, 0.25) is 0 Å². The number of nitrogens with one attached hydrogen (secondary N) is 3. The fraction of sp³-hybridized carbons (Fsp3) is 0.500. The fourth-order valence-electron chi connectivity index (χ4n) is 2.46. The average molecular weight is 349 g/mol. The van der Waals surface area contributed by atoms with Crippen LogP contribution in [0.4, 0.5) is 5.69 Å². The highest BCUT2D eigenvalue weighted by Crippen LogP contribution is 2.18. The normalized spacial score (nSPS) is 13.0. The number of hydrogen-bond acceptors (Lipinski definition) is 4. The number of carboxylic acid groups (broad SMARTS) is 1. The lowest BCUT2D eigenvalue weighted by Crippen LogP contribution is -2.50. The van der Waals surface area contributed by atoms with Crippen LogP contribution in [0.5, 0.6) is 0 Å². The Bertz CT molecular complexity index is 610. The minimum absolute atomic E-state index is 0.176.